The molecule has 0 spiro atoms. The highest BCUT2D eigenvalue weighted by atomic mass is 16.5. The molecule has 3 rings (SSSR count). The van der Waals surface area contributed by atoms with Crippen LogP contribution < -0.4 is 0 Å². The molecule has 1 aliphatic rings. The molecule has 0 saturated carbocycles. The van der Waals surface area contributed by atoms with Gasteiger partial charge >= 0.3 is 0 Å². The highest BCUT2D eigenvalue weighted by Gasteiger charge is 2.29. The quantitative estimate of drug-likeness (QED) is 0.918. The second-order valence-corrected chi connectivity index (χ2v) is 5.42. The number of fused-ring (bicyclic) bond motifs is 1. The van der Waals surface area contributed by atoms with Gasteiger partial charge in [-0.2, -0.15) is 5.10 Å². The van der Waals surface area contributed by atoms with E-state index in [1.54, 1.807) is 0 Å². The zero-order valence-corrected chi connectivity index (χ0v) is 11.4. The molecule has 1 saturated heterocycles. The molecule has 0 bridgehead atoms. The number of rotatable bonds is 3. The molecule has 1 N–H and O–H groups in total. The van der Waals surface area contributed by atoms with Gasteiger partial charge in [0.2, 0.25) is 0 Å². The van der Waals surface area contributed by atoms with Gasteiger partial charge in [0, 0.05) is 18.9 Å². The molecule has 2 heterocycles. The van der Waals surface area contributed by atoms with Crippen LogP contribution in [-0.2, 0) is 18.2 Å². The van der Waals surface area contributed by atoms with E-state index in [0.29, 0.717) is 6.42 Å². The lowest BCUT2D eigenvalue weighted by Gasteiger charge is -2.17. The van der Waals surface area contributed by atoms with Gasteiger partial charge in [0.05, 0.1) is 29.5 Å². The van der Waals surface area contributed by atoms with Crippen LogP contribution in [0, 0.1) is 0 Å². The van der Waals surface area contributed by atoms with E-state index >= 15 is 0 Å². The number of benzene rings is 1. The number of ether oxygens (including phenoxy) is 1. The fourth-order valence-corrected chi connectivity index (χ4v) is 2.89. The summed E-state index contributed by atoms with van der Waals surface area (Å²) in [6, 6.07) is 8.12. The van der Waals surface area contributed by atoms with Gasteiger partial charge in [0.15, 0.2) is 0 Å². The zero-order valence-electron chi connectivity index (χ0n) is 11.4. The van der Waals surface area contributed by atoms with Crippen molar-refractivity contribution in [1.29, 1.82) is 0 Å². The summed E-state index contributed by atoms with van der Waals surface area (Å²) in [5, 5.41) is 16.0. The van der Waals surface area contributed by atoms with Gasteiger partial charge in [-0.25, -0.2) is 0 Å². The zero-order chi connectivity index (χ0) is 13.4. The predicted molar refractivity (Wildman–Crippen MR) is 74.0 cm³/mol. The van der Waals surface area contributed by atoms with Crippen LogP contribution in [0.3, 0.4) is 0 Å². The van der Waals surface area contributed by atoms with Crippen molar-refractivity contribution in [3.63, 3.8) is 0 Å². The lowest BCUT2D eigenvalue weighted by Crippen LogP contribution is -2.28. The molecule has 0 aliphatic carbocycles. The summed E-state index contributed by atoms with van der Waals surface area (Å²) >= 11 is 0. The van der Waals surface area contributed by atoms with Crippen LogP contribution in [0.25, 0.3) is 10.9 Å². The summed E-state index contributed by atoms with van der Waals surface area (Å²) in [6.45, 7) is 2.06. The molecule has 0 radical (unpaired) electrons. The molecule has 19 heavy (non-hydrogen) atoms. The lowest BCUT2D eigenvalue weighted by molar-refractivity contribution is -0.0281. The van der Waals surface area contributed by atoms with Crippen LogP contribution in [0.4, 0.5) is 0 Å². The molecule has 1 fully saturated rings. The van der Waals surface area contributed by atoms with Crippen LogP contribution >= 0.6 is 0 Å². The van der Waals surface area contributed by atoms with Crippen LogP contribution in [0.15, 0.2) is 24.3 Å². The second-order valence-electron chi connectivity index (χ2n) is 5.42. The standard InChI is InChI=1S/C15H20N2O2/c1-10-7-8-15(19-10)14(18)9-12-11-5-3-4-6-13(11)17(2)16-12/h3-6,10,14-15,18H,7-9H2,1-2H3. The van der Waals surface area contributed by atoms with E-state index in [4.69, 9.17) is 4.74 Å². The molecule has 102 valence electrons. The topological polar surface area (TPSA) is 47.3 Å². The maximum atomic E-state index is 10.3. The van der Waals surface area contributed by atoms with Crippen molar-refractivity contribution < 1.29 is 9.84 Å². The number of hydrogen-bond donors (Lipinski definition) is 1. The third-order valence-corrected chi connectivity index (χ3v) is 3.93. The first-order valence-electron chi connectivity index (χ1n) is 6.89. The van der Waals surface area contributed by atoms with Gasteiger partial charge in [-0.15, -0.1) is 0 Å². The summed E-state index contributed by atoms with van der Waals surface area (Å²) < 4.78 is 7.60. The molecule has 1 aromatic carbocycles. The number of aliphatic hydroxyl groups is 1. The van der Waals surface area contributed by atoms with Crippen molar-refractivity contribution >= 4 is 10.9 Å². The van der Waals surface area contributed by atoms with Crippen LogP contribution in [0.1, 0.15) is 25.5 Å². The normalized spacial score (nSPS) is 25.0. The third kappa shape index (κ3) is 2.38. The fraction of sp³-hybridized carbons (Fsp3) is 0.533. The second kappa shape index (κ2) is 4.94. The molecule has 3 atom stereocenters. The molecular weight excluding hydrogens is 240 g/mol. The Morgan fingerprint density at radius 1 is 1.42 bits per heavy atom. The van der Waals surface area contributed by atoms with Gasteiger partial charge in [-0.3, -0.25) is 4.68 Å². The van der Waals surface area contributed by atoms with Crippen LogP contribution in [-0.4, -0.2) is 33.2 Å². The highest BCUT2D eigenvalue weighted by molar-refractivity contribution is 5.81. The largest absolute Gasteiger partial charge is 0.390 e. The molecule has 0 amide bonds. The van der Waals surface area contributed by atoms with Gasteiger partial charge in [0.1, 0.15) is 0 Å². The molecule has 4 nitrogen and oxygen atoms in total. The number of aryl methyl sites for hydroxylation is 1. The van der Waals surface area contributed by atoms with Crippen molar-refractivity contribution in [3.05, 3.63) is 30.0 Å². The maximum Gasteiger partial charge on any atom is 0.0858 e. The number of nitrogens with zero attached hydrogens (tertiary/aromatic N) is 2. The summed E-state index contributed by atoms with van der Waals surface area (Å²) in [7, 11) is 1.94. The van der Waals surface area contributed by atoms with E-state index < -0.39 is 6.10 Å². The van der Waals surface area contributed by atoms with Gasteiger partial charge in [-0.1, -0.05) is 18.2 Å². The van der Waals surface area contributed by atoms with Crippen molar-refractivity contribution in [2.75, 3.05) is 0 Å². The van der Waals surface area contributed by atoms with Gasteiger partial charge in [0.25, 0.3) is 0 Å². The van der Waals surface area contributed by atoms with E-state index in [9.17, 15) is 5.11 Å². The number of para-hydroxylation sites is 1. The molecule has 1 aliphatic heterocycles. The smallest absolute Gasteiger partial charge is 0.0858 e. The third-order valence-electron chi connectivity index (χ3n) is 3.93. The first kappa shape index (κ1) is 12.6. The number of aliphatic hydroxyl groups excluding tert-OH is 1. The summed E-state index contributed by atoms with van der Waals surface area (Å²) in [4.78, 5) is 0. The number of hydrogen-bond acceptors (Lipinski definition) is 3. The Morgan fingerprint density at radius 2 is 2.21 bits per heavy atom. The first-order chi connectivity index (χ1) is 9.15. The van der Waals surface area contributed by atoms with Crippen LogP contribution in [0.5, 0.6) is 0 Å². The minimum Gasteiger partial charge on any atom is -0.390 e. The Bertz CT molecular complexity index is 579. The van der Waals surface area contributed by atoms with E-state index in [1.807, 2.05) is 29.9 Å². The SMILES string of the molecule is CC1CCC(C(O)Cc2nn(C)c3ccccc23)O1. The van der Waals surface area contributed by atoms with Gasteiger partial charge in [-0.05, 0) is 25.8 Å². The summed E-state index contributed by atoms with van der Waals surface area (Å²) in [6.07, 6.45) is 2.27. The first-order valence-corrected chi connectivity index (χ1v) is 6.89. The molecule has 2 aromatic rings. The predicted octanol–water partition coefficient (Wildman–Crippen LogP) is 2.04. The Morgan fingerprint density at radius 3 is 2.95 bits per heavy atom. The number of aromatic nitrogens is 2. The molecule has 4 heteroatoms. The van der Waals surface area contributed by atoms with E-state index in [1.165, 1.54) is 0 Å². The van der Waals surface area contributed by atoms with E-state index in [2.05, 4.69) is 18.1 Å². The Hall–Kier alpha value is -1.39. The van der Waals surface area contributed by atoms with Crippen molar-refractivity contribution in [1.82, 2.24) is 9.78 Å². The summed E-state index contributed by atoms with van der Waals surface area (Å²) in [5.41, 5.74) is 2.05. The average Bonchev–Trinajstić information content (AvgIpc) is 2.96. The molecule has 1 aromatic heterocycles. The maximum absolute atomic E-state index is 10.3. The van der Waals surface area contributed by atoms with Crippen molar-refractivity contribution in [2.45, 2.75) is 44.5 Å². The Kier molecular flexibility index (Phi) is 3.29. The van der Waals surface area contributed by atoms with E-state index in [0.717, 1.165) is 29.4 Å². The Balaban J connectivity index is 1.81. The fourth-order valence-electron chi connectivity index (χ4n) is 2.89. The summed E-state index contributed by atoms with van der Waals surface area (Å²) in [5.74, 6) is 0. The molecular formula is C15H20N2O2. The van der Waals surface area contributed by atoms with Crippen molar-refractivity contribution in [3.8, 4) is 0 Å². The minimum atomic E-state index is -0.469. The molecule has 3 unspecified atom stereocenters. The minimum absolute atomic E-state index is 0.0456. The van der Waals surface area contributed by atoms with Crippen LogP contribution in [0.2, 0.25) is 0 Å². The Labute approximate surface area is 113 Å². The van der Waals surface area contributed by atoms with E-state index in [-0.39, 0.29) is 12.2 Å². The average molecular weight is 260 g/mol. The lowest BCUT2D eigenvalue weighted by atomic mass is 10.0. The monoisotopic (exact) mass is 260 g/mol. The highest BCUT2D eigenvalue weighted by Crippen LogP contribution is 2.25. The van der Waals surface area contributed by atoms with Gasteiger partial charge < -0.3 is 9.84 Å². The van der Waals surface area contributed by atoms with Crippen molar-refractivity contribution in [2.24, 2.45) is 7.05 Å².